The molecule has 1 N–H and O–H groups in total. The smallest absolute Gasteiger partial charge is 0.294 e. The monoisotopic (exact) mass is 315 g/mol. The van der Waals surface area contributed by atoms with E-state index < -0.39 is 0 Å². The van der Waals surface area contributed by atoms with Gasteiger partial charge in [0.1, 0.15) is 5.69 Å². The van der Waals surface area contributed by atoms with Crippen molar-refractivity contribution in [3.63, 3.8) is 0 Å². The van der Waals surface area contributed by atoms with Crippen molar-refractivity contribution in [2.45, 2.75) is 0 Å². The number of hydrogen-bond acceptors (Lipinski definition) is 4. The Kier molecular flexibility index (Phi) is 3.51. The van der Waals surface area contributed by atoms with Gasteiger partial charge in [0.25, 0.3) is 5.56 Å². The molecule has 4 rings (SSSR count). The fourth-order valence-electron chi connectivity index (χ4n) is 2.56. The van der Waals surface area contributed by atoms with Gasteiger partial charge in [0.15, 0.2) is 11.3 Å². The van der Waals surface area contributed by atoms with Gasteiger partial charge in [-0.15, -0.1) is 0 Å². The minimum atomic E-state index is -0.368. The molecule has 0 saturated heterocycles. The Balaban J connectivity index is 1.90. The van der Waals surface area contributed by atoms with Gasteiger partial charge < -0.3 is 4.52 Å². The Bertz CT molecular complexity index is 1060. The normalized spacial score (nSPS) is 11.3. The van der Waals surface area contributed by atoms with Crippen LogP contribution in [0.15, 0.2) is 70.0 Å². The van der Waals surface area contributed by atoms with Crippen LogP contribution in [-0.2, 0) is 0 Å². The SMILES string of the molecule is O=c1[nH]nc(-c2ccccc2)c2c(/C=C/c3ccccc3)onc12. The van der Waals surface area contributed by atoms with Gasteiger partial charge in [-0.1, -0.05) is 71.9 Å². The Hall–Kier alpha value is -3.47. The van der Waals surface area contributed by atoms with Crippen molar-refractivity contribution >= 4 is 23.1 Å². The summed E-state index contributed by atoms with van der Waals surface area (Å²) in [5.41, 5.74) is 2.43. The second-order valence-electron chi connectivity index (χ2n) is 5.28. The first-order chi connectivity index (χ1) is 11.8. The number of fused-ring (bicyclic) bond motifs is 1. The van der Waals surface area contributed by atoms with Gasteiger partial charge in [0.2, 0.25) is 0 Å². The second kappa shape index (κ2) is 5.96. The van der Waals surface area contributed by atoms with Gasteiger partial charge >= 0.3 is 0 Å². The first-order valence-corrected chi connectivity index (χ1v) is 7.49. The van der Waals surface area contributed by atoms with Crippen LogP contribution in [0.4, 0.5) is 0 Å². The molecular weight excluding hydrogens is 302 g/mol. The lowest BCUT2D eigenvalue weighted by atomic mass is 10.1. The predicted octanol–water partition coefficient (Wildman–Crippen LogP) is 3.75. The van der Waals surface area contributed by atoms with Crippen LogP contribution in [0.3, 0.4) is 0 Å². The summed E-state index contributed by atoms with van der Waals surface area (Å²) >= 11 is 0. The third-order valence-electron chi connectivity index (χ3n) is 3.71. The zero-order valence-corrected chi connectivity index (χ0v) is 12.6. The van der Waals surface area contributed by atoms with Crippen molar-refractivity contribution in [2.75, 3.05) is 0 Å². The van der Waals surface area contributed by atoms with Crippen LogP contribution >= 0.6 is 0 Å². The minimum absolute atomic E-state index is 0.247. The highest BCUT2D eigenvalue weighted by atomic mass is 16.5. The topological polar surface area (TPSA) is 71.8 Å². The van der Waals surface area contributed by atoms with E-state index in [-0.39, 0.29) is 11.1 Å². The molecule has 0 amide bonds. The van der Waals surface area contributed by atoms with Crippen molar-refractivity contribution in [2.24, 2.45) is 0 Å². The van der Waals surface area contributed by atoms with Crippen molar-refractivity contribution in [1.29, 1.82) is 0 Å². The highest BCUT2D eigenvalue weighted by molar-refractivity contribution is 5.97. The molecule has 2 aromatic heterocycles. The second-order valence-corrected chi connectivity index (χ2v) is 5.28. The molecule has 2 heterocycles. The fraction of sp³-hybridized carbons (Fsp3) is 0. The molecule has 0 aliphatic carbocycles. The van der Waals surface area contributed by atoms with E-state index in [0.29, 0.717) is 16.8 Å². The van der Waals surface area contributed by atoms with Crippen LogP contribution in [0.1, 0.15) is 11.3 Å². The number of benzene rings is 2. The van der Waals surface area contributed by atoms with Gasteiger partial charge in [0.05, 0.1) is 5.39 Å². The van der Waals surface area contributed by atoms with Gasteiger partial charge in [0, 0.05) is 5.56 Å². The van der Waals surface area contributed by atoms with E-state index in [1.165, 1.54) is 0 Å². The van der Waals surface area contributed by atoms with Crippen LogP contribution in [0.2, 0.25) is 0 Å². The van der Waals surface area contributed by atoms with E-state index >= 15 is 0 Å². The van der Waals surface area contributed by atoms with Crippen LogP contribution < -0.4 is 5.56 Å². The summed E-state index contributed by atoms with van der Waals surface area (Å²) in [6.45, 7) is 0. The third-order valence-corrected chi connectivity index (χ3v) is 3.71. The maximum absolute atomic E-state index is 12.0. The van der Waals surface area contributed by atoms with E-state index in [4.69, 9.17) is 4.52 Å². The Morgan fingerprint density at radius 2 is 1.62 bits per heavy atom. The zero-order valence-electron chi connectivity index (χ0n) is 12.6. The number of H-pyrrole nitrogens is 1. The van der Waals surface area contributed by atoms with Gasteiger partial charge in [-0.25, -0.2) is 5.10 Å². The molecule has 5 nitrogen and oxygen atoms in total. The van der Waals surface area contributed by atoms with Crippen molar-refractivity contribution < 1.29 is 4.52 Å². The molecule has 24 heavy (non-hydrogen) atoms. The first kappa shape index (κ1) is 14.1. The van der Waals surface area contributed by atoms with Gasteiger partial charge in [-0.2, -0.15) is 5.10 Å². The molecule has 2 aromatic carbocycles. The lowest BCUT2D eigenvalue weighted by molar-refractivity contribution is 0.421. The Labute approximate surface area is 137 Å². The number of rotatable bonds is 3. The average Bonchev–Trinajstić information content (AvgIpc) is 3.07. The van der Waals surface area contributed by atoms with Gasteiger partial charge in [-0.05, 0) is 11.6 Å². The van der Waals surface area contributed by atoms with E-state index in [0.717, 1.165) is 11.1 Å². The summed E-state index contributed by atoms with van der Waals surface area (Å²) in [6.07, 6.45) is 3.72. The van der Waals surface area contributed by atoms with E-state index in [9.17, 15) is 4.79 Å². The highest BCUT2D eigenvalue weighted by Crippen LogP contribution is 2.28. The maximum atomic E-state index is 12.0. The Morgan fingerprint density at radius 3 is 2.38 bits per heavy atom. The fourth-order valence-corrected chi connectivity index (χ4v) is 2.56. The van der Waals surface area contributed by atoms with Gasteiger partial charge in [-0.3, -0.25) is 4.79 Å². The number of nitrogens with one attached hydrogen (secondary N) is 1. The summed E-state index contributed by atoms with van der Waals surface area (Å²) in [5.74, 6) is 0.506. The summed E-state index contributed by atoms with van der Waals surface area (Å²) in [6, 6.07) is 19.5. The first-order valence-electron chi connectivity index (χ1n) is 7.49. The molecule has 116 valence electrons. The molecule has 0 aliphatic heterocycles. The molecule has 0 bridgehead atoms. The van der Waals surface area contributed by atoms with Crippen molar-refractivity contribution in [3.05, 3.63) is 82.3 Å². The largest absolute Gasteiger partial charge is 0.355 e. The summed E-state index contributed by atoms with van der Waals surface area (Å²) in [7, 11) is 0. The Morgan fingerprint density at radius 1 is 0.917 bits per heavy atom. The molecular formula is C19H13N3O2. The zero-order chi connectivity index (χ0) is 16.4. The molecule has 5 heteroatoms. The minimum Gasteiger partial charge on any atom is -0.355 e. The van der Waals surface area contributed by atoms with E-state index in [1.807, 2.05) is 66.7 Å². The molecule has 0 atom stereocenters. The standard InChI is InChI=1S/C19H13N3O2/c23-19-18-16(17(20-21-19)14-9-5-2-6-10-14)15(24-22-18)12-11-13-7-3-1-4-8-13/h1-12H,(H,21,23)/b12-11+. The summed E-state index contributed by atoms with van der Waals surface area (Å²) in [4.78, 5) is 12.0. The highest BCUT2D eigenvalue weighted by Gasteiger charge is 2.16. The lowest BCUT2D eigenvalue weighted by Crippen LogP contribution is -2.09. The molecule has 0 saturated carbocycles. The molecule has 0 spiro atoms. The molecule has 0 unspecified atom stereocenters. The van der Waals surface area contributed by atoms with Crippen LogP contribution in [0.5, 0.6) is 0 Å². The molecule has 4 aromatic rings. The summed E-state index contributed by atoms with van der Waals surface area (Å²) in [5, 5.41) is 11.2. The maximum Gasteiger partial charge on any atom is 0.294 e. The van der Waals surface area contributed by atoms with Crippen LogP contribution in [0, 0.1) is 0 Å². The number of nitrogens with zero attached hydrogens (tertiary/aromatic N) is 2. The summed E-state index contributed by atoms with van der Waals surface area (Å²) < 4.78 is 5.38. The number of hydrogen-bond donors (Lipinski definition) is 1. The lowest BCUT2D eigenvalue weighted by Gasteiger charge is -2.01. The van der Waals surface area contributed by atoms with Crippen LogP contribution in [0.25, 0.3) is 34.3 Å². The third kappa shape index (κ3) is 2.52. The predicted molar refractivity (Wildman–Crippen MR) is 93.2 cm³/mol. The average molecular weight is 315 g/mol. The molecule has 0 radical (unpaired) electrons. The molecule has 0 aliphatic rings. The quantitative estimate of drug-likeness (QED) is 0.625. The van der Waals surface area contributed by atoms with E-state index in [2.05, 4.69) is 15.4 Å². The molecule has 0 fully saturated rings. The number of aromatic nitrogens is 3. The van der Waals surface area contributed by atoms with Crippen molar-refractivity contribution in [3.8, 4) is 11.3 Å². The van der Waals surface area contributed by atoms with Crippen LogP contribution in [-0.4, -0.2) is 15.4 Å². The van der Waals surface area contributed by atoms with E-state index in [1.54, 1.807) is 6.08 Å². The number of aromatic amines is 1. The van der Waals surface area contributed by atoms with Crippen molar-refractivity contribution in [1.82, 2.24) is 15.4 Å².